The highest BCUT2D eigenvalue weighted by molar-refractivity contribution is 6.30. The summed E-state index contributed by atoms with van der Waals surface area (Å²) >= 11 is 11.6. The summed E-state index contributed by atoms with van der Waals surface area (Å²) in [5.41, 5.74) is 0.661. The van der Waals surface area contributed by atoms with Gasteiger partial charge in [-0.1, -0.05) is 17.7 Å². The van der Waals surface area contributed by atoms with Gasteiger partial charge in [-0.3, -0.25) is 0 Å². The van der Waals surface area contributed by atoms with Gasteiger partial charge >= 0.3 is 0 Å². The minimum Gasteiger partial charge on any atom is -0.306 e. The molecule has 1 aromatic carbocycles. The molecule has 0 amide bonds. The number of hydrogen-bond acceptors (Lipinski definition) is 1. The summed E-state index contributed by atoms with van der Waals surface area (Å²) in [5.74, 6) is 0.325. The van der Waals surface area contributed by atoms with E-state index in [0.717, 1.165) is 12.8 Å². The van der Waals surface area contributed by atoms with Gasteiger partial charge in [0.15, 0.2) is 0 Å². The Labute approximate surface area is 105 Å². The molecule has 0 unspecified atom stereocenters. The van der Waals surface area contributed by atoms with Crippen LogP contribution < -0.4 is 5.32 Å². The van der Waals surface area contributed by atoms with E-state index in [4.69, 9.17) is 23.2 Å². The molecule has 88 valence electrons. The summed E-state index contributed by atoms with van der Waals surface area (Å²) in [6.45, 7) is 0.510. The fourth-order valence-electron chi connectivity index (χ4n) is 1.91. The molecule has 0 atom stereocenters. The van der Waals surface area contributed by atoms with E-state index in [9.17, 15) is 4.39 Å². The molecular formula is C12H14Cl2FN. The Morgan fingerprint density at radius 3 is 2.62 bits per heavy atom. The highest BCUT2D eigenvalue weighted by Crippen LogP contribution is 2.33. The van der Waals surface area contributed by atoms with Gasteiger partial charge in [0.1, 0.15) is 5.82 Å². The van der Waals surface area contributed by atoms with E-state index in [1.807, 2.05) is 0 Å². The van der Waals surface area contributed by atoms with Gasteiger partial charge in [-0.15, -0.1) is 11.6 Å². The van der Waals surface area contributed by atoms with E-state index in [0.29, 0.717) is 23.0 Å². The zero-order valence-corrected chi connectivity index (χ0v) is 10.4. The first-order chi connectivity index (χ1) is 7.65. The van der Waals surface area contributed by atoms with Crippen LogP contribution in [-0.4, -0.2) is 11.4 Å². The van der Waals surface area contributed by atoms with Gasteiger partial charge in [0.2, 0.25) is 0 Å². The molecule has 1 aliphatic carbocycles. The summed E-state index contributed by atoms with van der Waals surface area (Å²) < 4.78 is 13.5. The molecule has 4 heteroatoms. The monoisotopic (exact) mass is 261 g/mol. The van der Waals surface area contributed by atoms with Crippen LogP contribution in [0.25, 0.3) is 0 Å². The molecule has 1 nitrogen and oxygen atoms in total. The van der Waals surface area contributed by atoms with Crippen LogP contribution in [0.5, 0.6) is 0 Å². The first-order valence-corrected chi connectivity index (χ1v) is 6.31. The Kier molecular flexibility index (Phi) is 3.73. The predicted molar refractivity (Wildman–Crippen MR) is 65.6 cm³/mol. The predicted octanol–water partition coefficient (Wildman–Crippen LogP) is 3.73. The number of alkyl halides is 1. The van der Waals surface area contributed by atoms with Crippen molar-refractivity contribution in [1.29, 1.82) is 0 Å². The van der Waals surface area contributed by atoms with E-state index >= 15 is 0 Å². The number of hydrogen-bond donors (Lipinski definition) is 1. The summed E-state index contributed by atoms with van der Waals surface area (Å²) in [6, 6.07) is 4.76. The molecule has 0 saturated heterocycles. The molecule has 1 aromatic rings. The van der Waals surface area contributed by atoms with E-state index in [1.165, 1.54) is 12.5 Å². The van der Waals surface area contributed by atoms with Gasteiger partial charge in [-0.25, -0.2) is 4.39 Å². The Morgan fingerprint density at radius 2 is 2.12 bits per heavy atom. The minimum atomic E-state index is -0.260. The molecule has 0 radical (unpaired) electrons. The lowest BCUT2D eigenvalue weighted by atomic mass is 9.78. The van der Waals surface area contributed by atoms with Crippen molar-refractivity contribution in [1.82, 2.24) is 5.32 Å². The normalized spacial score (nSPS) is 18.2. The quantitative estimate of drug-likeness (QED) is 0.815. The van der Waals surface area contributed by atoms with Crippen LogP contribution in [-0.2, 0) is 6.54 Å². The molecular weight excluding hydrogens is 248 g/mol. The molecule has 0 spiro atoms. The van der Waals surface area contributed by atoms with Crippen molar-refractivity contribution >= 4 is 23.2 Å². The van der Waals surface area contributed by atoms with Crippen LogP contribution in [0.3, 0.4) is 0 Å². The number of rotatable bonds is 4. The van der Waals surface area contributed by atoms with Crippen LogP contribution >= 0.6 is 23.2 Å². The molecule has 0 bridgehead atoms. The van der Waals surface area contributed by atoms with Crippen molar-refractivity contribution in [2.75, 3.05) is 5.88 Å². The Hall–Kier alpha value is -0.310. The van der Waals surface area contributed by atoms with Gasteiger partial charge in [0.25, 0.3) is 0 Å². The topological polar surface area (TPSA) is 12.0 Å². The molecule has 2 rings (SSSR count). The largest absolute Gasteiger partial charge is 0.306 e. The molecule has 0 aliphatic heterocycles. The zero-order valence-electron chi connectivity index (χ0n) is 8.90. The summed E-state index contributed by atoms with van der Waals surface area (Å²) in [5, 5.41) is 3.77. The number of benzene rings is 1. The third-order valence-electron chi connectivity index (χ3n) is 3.24. The lowest BCUT2D eigenvalue weighted by Crippen LogP contribution is -2.52. The van der Waals surface area contributed by atoms with E-state index < -0.39 is 0 Å². The fourth-order valence-corrected chi connectivity index (χ4v) is 2.43. The second-order valence-corrected chi connectivity index (χ2v) is 5.06. The first kappa shape index (κ1) is 12.2. The van der Waals surface area contributed by atoms with E-state index in [1.54, 1.807) is 12.1 Å². The maximum atomic E-state index is 13.5. The Morgan fingerprint density at radius 1 is 1.38 bits per heavy atom. The second-order valence-electron chi connectivity index (χ2n) is 4.36. The van der Waals surface area contributed by atoms with Gasteiger partial charge in [0.05, 0.1) is 0 Å². The average molecular weight is 262 g/mol. The highest BCUT2D eigenvalue weighted by Gasteiger charge is 2.35. The molecule has 16 heavy (non-hydrogen) atoms. The summed E-state index contributed by atoms with van der Waals surface area (Å²) in [4.78, 5) is 0. The standard InChI is InChI=1S/C12H14Cl2FN/c13-8-12(4-1-5-12)16-7-9-2-3-10(14)6-11(9)15/h2-3,6,16H,1,4-5,7-8H2. The molecule has 1 saturated carbocycles. The number of nitrogens with one attached hydrogen (secondary N) is 1. The first-order valence-electron chi connectivity index (χ1n) is 5.40. The van der Waals surface area contributed by atoms with Crippen molar-refractivity contribution in [2.24, 2.45) is 0 Å². The molecule has 1 N–H and O–H groups in total. The van der Waals surface area contributed by atoms with Crippen LogP contribution in [0.15, 0.2) is 18.2 Å². The molecule has 1 fully saturated rings. The summed E-state index contributed by atoms with van der Waals surface area (Å²) in [6.07, 6.45) is 3.35. The van der Waals surface area contributed by atoms with Gasteiger partial charge in [-0.2, -0.15) is 0 Å². The third-order valence-corrected chi connectivity index (χ3v) is 3.98. The van der Waals surface area contributed by atoms with Crippen LogP contribution in [0.2, 0.25) is 5.02 Å². The maximum absolute atomic E-state index is 13.5. The van der Waals surface area contributed by atoms with Crippen LogP contribution in [0.1, 0.15) is 24.8 Å². The Balaban J connectivity index is 1.99. The summed E-state index contributed by atoms with van der Waals surface area (Å²) in [7, 11) is 0. The average Bonchev–Trinajstić information content (AvgIpc) is 2.19. The molecule has 0 heterocycles. The number of halogens is 3. The lowest BCUT2D eigenvalue weighted by molar-refractivity contribution is 0.210. The van der Waals surface area contributed by atoms with Crippen molar-refractivity contribution < 1.29 is 4.39 Å². The Bertz CT molecular complexity index is 372. The molecule has 0 aromatic heterocycles. The SMILES string of the molecule is Fc1cc(Cl)ccc1CNC1(CCl)CCC1. The van der Waals surface area contributed by atoms with Crippen LogP contribution in [0.4, 0.5) is 4.39 Å². The highest BCUT2D eigenvalue weighted by atomic mass is 35.5. The zero-order chi connectivity index (χ0) is 11.6. The van der Waals surface area contributed by atoms with Crippen molar-refractivity contribution in [3.63, 3.8) is 0 Å². The molecule has 1 aliphatic rings. The lowest BCUT2D eigenvalue weighted by Gasteiger charge is -2.41. The van der Waals surface area contributed by atoms with Gasteiger partial charge in [-0.05, 0) is 31.4 Å². The minimum absolute atomic E-state index is 0.0215. The second kappa shape index (κ2) is 4.91. The van der Waals surface area contributed by atoms with E-state index in [2.05, 4.69) is 5.32 Å². The van der Waals surface area contributed by atoms with Crippen molar-refractivity contribution in [3.8, 4) is 0 Å². The van der Waals surface area contributed by atoms with Crippen molar-refractivity contribution in [3.05, 3.63) is 34.6 Å². The van der Waals surface area contributed by atoms with E-state index in [-0.39, 0.29) is 11.4 Å². The van der Waals surface area contributed by atoms with Gasteiger partial charge < -0.3 is 5.32 Å². The van der Waals surface area contributed by atoms with Crippen molar-refractivity contribution in [2.45, 2.75) is 31.3 Å². The smallest absolute Gasteiger partial charge is 0.129 e. The fraction of sp³-hybridized carbons (Fsp3) is 0.500. The third kappa shape index (κ3) is 2.50. The maximum Gasteiger partial charge on any atom is 0.129 e. The van der Waals surface area contributed by atoms with Crippen LogP contribution in [0, 0.1) is 5.82 Å². The van der Waals surface area contributed by atoms with Gasteiger partial charge in [0, 0.05) is 28.5 Å².